The van der Waals surface area contributed by atoms with Crippen molar-refractivity contribution in [3.05, 3.63) is 67.0 Å². The molecular weight excluding hydrogens is 421 g/mol. The van der Waals surface area contributed by atoms with Crippen LogP contribution in [0.1, 0.15) is 12.8 Å². The van der Waals surface area contributed by atoms with Crippen molar-refractivity contribution in [2.24, 2.45) is 5.92 Å². The number of alkyl halides is 3. The molecule has 1 aliphatic rings. The first-order valence-corrected chi connectivity index (χ1v) is 10.2. The van der Waals surface area contributed by atoms with Crippen LogP contribution >= 0.6 is 0 Å². The highest BCUT2D eigenvalue weighted by Gasteiger charge is 2.31. The van der Waals surface area contributed by atoms with E-state index in [9.17, 15) is 18.0 Å². The maximum absolute atomic E-state index is 12.6. The number of nitrogens with zero attached hydrogens (tertiary/aromatic N) is 3. The number of hydrogen-bond acceptors (Lipinski definition) is 5. The number of anilines is 2. The second-order valence-corrected chi connectivity index (χ2v) is 7.45. The van der Waals surface area contributed by atoms with Crippen molar-refractivity contribution in [2.45, 2.75) is 19.2 Å². The molecule has 0 bridgehead atoms. The molecule has 4 rings (SSSR count). The van der Waals surface area contributed by atoms with E-state index < -0.39 is 6.36 Å². The van der Waals surface area contributed by atoms with E-state index in [1.807, 2.05) is 36.4 Å². The number of aromatic nitrogens is 2. The Kier molecular flexibility index (Phi) is 6.25. The number of halogens is 3. The third-order valence-electron chi connectivity index (χ3n) is 5.27. The van der Waals surface area contributed by atoms with Gasteiger partial charge in [0.05, 0.1) is 5.69 Å². The largest absolute Gasteiger partial charge is 0.573 e. The van der Waals surface area contributed by atoms with E-state index in [1.165, 1.54) is 24.3 Å². The first kappa shape index (κ1) is 21.6. The molecule has 1 amide bonds. The minimum atomic E-state index is -4.75. The molecule has 0 radical (unpaired) electrons. The van der Waals surface area contributed by atoms with Gasteiger partial charge in [0.1, 0.15) is 17.9 Å². The number of hydrogen-bond donors (Lipinski definition) is 1. The zero-order valence-electron chi connectivity index (χ0n) is 17.0. The van der Waals surface area contributed by atoms with E-state index in [-0.39, 0.29) is 17.6 Å². The van der Waals surface area contributed by atoms with Crippen LogP contribution in [0.3, 0.4) is 0 Å². The summed E-state index contributed by atoms with van der Waals surface area (Å²) in [5, 5.41) is 2.77. The zero-order valence-corrected chi connectivity index (χ0v) is 17.0. The maximum Gasteiger partial charge on any atom is 0.573 e. The minimum Gasteiger partial charge on any atom is -0.406 e. The summed E-state index contributed by atoms with van der Waals surface area (Å²) in [6, 6.07) is 16.9. The molecule has 1 fully saturated rings. The predicted octanol–water partition coefficient (Wildman–Crippen LogP) is 4.90. The Morgan fingerprint density at radius 3 is 2.34 bits per heavy atom. The van der Waals surface area contributed by atoms with E-state index in [1.54, 1.807) is 6.33 Å². The van der Waals surface area contributed by atoms with E-state index in [4.69, 9.17) is 0 Å². The highest BCUT2D eigenvalue weighted by molar-refractivity contribution is 5.92. The maximum atomic E-state index is 12.6. The van der Waals surface area contributed by atoms with Crippen molar-refractivity contribution in [2.75, 3.05) is 23.3 Å². The molecule has 1 saturated heterocycles. The molecule has 166 valence electrons. The van der Waals surface area contributed by atoms with Crippen LogP contribution in [0.4, 0.5) is 24.7 Å². The van der Waals surface area contributed by atoms with Crippen molar-refractivity contribution >= 4 is 17.4 Å². The Labute approximate surface area is 183 Å². The Morgan fingerprint density at radius 1 is 1.00 bits per heavy atom. The third kappa shape index (κ3) is 5.54. The lowest BCUT2D eigenvalue weighted by atomic mass is 9.95. The number of carbonyl (C=O) groups excluding carboxylic acids is 1. The molecule has 9 heteroatoms. The average Bonchev–Trinajstić information content (AvgIpc) is 2.80. The summed E-state index contributed by atoms with van der Waals surface area (Å²) in [5.74, 6) is 0.149. The zero-order chi connectivity index (χ0) is 22.6. The first-order valence-electron chi connectivity index (χ1n) is 10.2. The van der Waals surface area contributed by atoms with Gasteiger partial charge in [0.2, 0.25) is 5.91 Å². The fraction of sp³-hybridized carbons (Fsp3) is 0.261. The number of piperidine rings is 1. The van der Waals surface area contributed by atoms with Crippen LogP contribution in [-0.2, 0) is 4.79 Å². The summed E-state index contributed by atoms with van der Waals surface area (Å²) in [6.07, 6.45) is -1.91. The number of nitrogens with one attached hydrogen (secondary N) is 1. The number of carbonyl (C=O) groups is 1. The molecule has 6 nitrogen and oxygen atoms in total. The lowest BCUT2D eigenvalue weighted by Crippen LogP contribution is -2.38. The lowest BCUT2D eigenvalue weighted by Gasteiger charge is -2.32. The summed E-state index contributed by atoms with van der Waals surface area (Å²) < 4.78 is 40.6. The molecule has 0 saturated carbocycles. The highest BCUT2D eigenvalue weighted by atomic mass is 19.4. The van der Waals surface area contributed by atoms with Crippen molar-refractivity contribution in [1.29, 1.82) is 0 Å². The molecule has 0 unspecified atom stereocenters. The van der Waals surface area contributed by atoms with Crippen LogP contribution in [-0.4, -0.2) is 35.3 Å². The van der Waals surface area contributed by atoms with Gasteiger partial charge in [-0.15, -0.1) is 13.2 Å². The number of rotatable bonds is 5. The van der Waals surface area contributed by atoms with Gasteiger partial charge < -0.3 is 15.0 Å². The standard InChI is InChI=1S/C23H21F3N4O2/c24-23(25,26)32-19-8-6-18(7-9-19)29-22(31)17-10-12-30(13-11-17)21-14-20(27-15-28-21)16-4-2-1-3-5-16/h1-9,14-15,17H,10-13H2,(H,29,31). The molecule has 32 heavy (non-hydrogen) atoms. The molecule has 2 heterocycles. The molecule has 2 aromatic carbocycles. The average molecular weight is 442 g/mol. The normalized spacial score (nSPS) is 14.8. The third-order valence-corrected chi connectivity index (χ3v) is 5.27. The van der Waals surface area contributed by atoms with E-state index in [2.05, 4.69) is 24.9 Å². The number of ether oxygens (including phenoxy) is 1. The Morgan fingerprint density at radius 2 is 1.69 bits per heavy atom. The second kappa shape index (κ2) is 9.25. The summed E-state index contributed by atoms with van der Waals surface area (Å²) in [7, 11) is 0. The van der Waals surface area contributed by atoms with Gasteiger partial charge in [-0.05, 0) is 37.1 Å². The fourth-order valence-corrected chi connectivity index (χ4v) is 3.64. The highest BCUT2D eigenvalue weighted by Crippen LogP contribution is 2.27. The number of benzene rings is 2. The van der Waals surface area contributed by atoms with Crippen LogP contribution in [0.5, 0.6) is 5.75 Å². The van der Waals surface area contributed by atoms with Crippen molar-refractivity contribution in [3.8, 4) is 17.0 Å². The van der Waals surface area contributed by atoms with E-state index in [0.717, 1.165) is 17.1 Å². The Bertz CT molecular complexity index is 1050. The van der Waals surface area contributed by atoms with Gasteiger partial charge in [-0.25, -0.2) is 9.97 Å². The Hall–Kier alpha value is -3.62. The second-order valence-electron chi connectivity index (χ2n) is 7.45. The lowest BCUT2D eigenvalue weighted by molar-refractivity contribution is -0.274. The van der Waals surface area contributed by atoms with Crippen molar-refractivity contribution in [3.63, 3.8) is 0 Å². The molecule has 1 N–H and O–H groups in total. The monoisotopic (exact) mass is 442 g/mol. The van der Waals surface area contributed by atoms with E-state index >= 15 is 0 Å². The van der Waals surface area contributed by atoms with Crippen LogP contribution in [0.25, 0.3) is 11.3 Å². The minimum absolute atomic E-state index is 0.151. The van der Waals surface area contributed by atoms with Crippen LogP contribution in [0.2, 0.25) is 0 Å². The SMILES string of the molecule is O=C(Nc1ccc(OC(F)(F)F)cc1)C1CCN(c2cc(-c3ccccc3)ncn2)CC1. The quantitative estimate of drug-likeness (QED) is 0.609. The number of amides is 1. The smallest absolute Gasteiger partial charge is 0.406 e. The molecule has 1 aliphatic heterocycles. The summed E-state index contributed by atoms with van der Waals surface area (Å²) in [6.45, 7) is 1.34. The summed E-state index contributed by atoms with van der Waals surface area (Å²) in [4.78, 5) is 23.5. The Balaban J connectivity index is 1.32. The van der Waals surface area contributed by atoms with Crippen molar-refractivity contribution < 1.29 is 22.7 Å². The van der Waals surface area contributed by atoms with Gasteiger partial charge in [0, 0.05) is 36.3 Å². The molecule has 0 spiro atoms. The van der Waals surface area contributed by atoms with Gasteiger partial charge in [-0.3, -0.25) is 4.79 Å². The molecule has 0 aliphatic carbocycles. The summed E-state index contributed by atoms with van der Waals surface area (Å²) >= 11 is 0. The van der Waals surface area contributed by atoms with Crippen LogP contribution in [0.15, 0.2) is 67.0 Å². The molecule has 1 aromatic heterocycles. The van der Waals surface area contributed by atoms with Crippen molar-refractivity contribution in [1.82, 2.24) is 9.97 Å². The van der Waals surface area contributed by atoms with Gasteiger partial charge in [-0.1, -0.05) is 30.3 Å². The van der Waals surface area contributed by atoms with Gasteiger partial charge in [0.15, 0.2) is 0 Å². The van der Waals surface area contributed by atoms with Crippen LogP contribution in [0, 0.1) is 5.92 Å². The molecule has 3 aromatic rings. The van der Waals surface area contributed by atoms with Crippen LogP contribution < -0.4 is 15.0 Å². The predicted molar refractivity (Wildman–Crippen MR) is 114 cm³/mol. The van der Waals surface area contributed by atoms with E-state index in [0.29, 0.717) is 31.6 Å². The molecular formula is C23H21F3N4O2. The first-order chi connectivity index (χ1) is 15.4. The fourth-order valence-electron chi connectivity index (χ4n) is 3.64. The summed E-state index contributed by atoms with van der Waals surface area (Å²) in [5.41, 5.74) is 2.28. The van der Waals surface area contributed by atoms with Gasteiger partial charge in [-0.2, -0.15) is 0 Å². The topological polar surface area (TPSA) is 67.3 Å². The van der Waals surface area contributed by atoms with Gasteiger partial charge in [0.25, 0.3) is 0 Å². The molecule has 0 atom stereocenters. The van der Waals surface area contributed by atoms with Gasteiger partial charge >= 0.3 is 6.36 Å².